The summed E-state index contributed by atoms with van der Waals surface area (Å²) in [5, 5.41) is 0.723. The lowest BCUT2D eigenvalue weighted by Crippen LogP contribution is -2.08. The minimum atomic E-state index is -0.276. The monoisotopic (exact) mass is 214 g/mol. The Kier molecular flexibility index (Phi) is 4.94. The van der Waals surface area contributed by atoms with Crippen molar-refractivity contribution in [2.45, 2.75) is 20.1 Å². The van der Waals surface area contributed by atoms with E-state index in [0.29, 0.717) is 13.2 Å². The molecule has 0 amide bonds. The molecular weight excluding hydrogens is 200 g/mol. The molecule has 0 aliphatic rings. The van der Waals surface area contributed by atoms with Crippen LogP contribution in [0.3, 0.4) is 0 Å². The van der Waals surface area contributed by atoms with Gasteiger partial charge >= 0.3 is 0 Å². The number of hydrogen-bond donors (Lipinski definition) is 0. The van der Waals surface area contributed by atoms with Crippen LogP contribution in [0.4, 0.5) is 0 Å². The molecule has 0 radical (unpaired) electrons. The standard InChI is InChI=1S/C11H15ClO2/c1-3-13-11(14-4-2)9-5-7-10(12)8-6-9/h5-8,11H,3-4H2,1-2H3. The Labute approximate surface area is 89.8 Å². The normalized spacial score (nSPS) is 10.9. The third-order valence-corrected chi connectivity index (χ3v) is 2.03. The van der Waals surface area contributed by atoms with E-state index in [-0.39, 0.29) is 6.29 Å². The quantitative estimate of drug-likeness (QED) is 0.700. The Balaban J connectivity index is 2.71. The van der Waals surface area contributed by atoms with E-state index in [9.17, 15) is 0 Å². The molecule has 0 saturated carbocycles. The Hall–Kier alpha value is -0.570. The van der Waals surface area contributed by atoms with Crippen molar-refractivity contribution in [1.29, 1.82) is 0 Å². The predicted octanol–water partition coefficient (Wildman–Crippen LogP) is 3.41. The van der Waals surface area contributed by atoms with Crippen molar-refractivity contribution >= 4 is 11.6 Å². The number of halogens is 1. The van der Waals surface area contributed by atoms with Gasteiger partial charge in [-0.3, -0.25) is 0 Å². The van der Waals surface area contributed by atoms with Crippen LogP contribution in [-0.2, 0) is 9.47 Å². The summed E-state index contributed by atoms with van der Waals surface area (Å²) in [6.07, 6.45) is -0.276. The fraction of sp³-hybridized carbons (Fsp3) is 0.455. The zero-order valence-electron chi connectivity index (χ0n) is 8.50. The Morgan fingerprint density at radius 1 is 1.07 bits per heavy atom. The van der Waals surface area contributed by atoms with Crippen LogP contribution in [0, 0.1) is 0 Å². The molecule has 3 heteroatoms. The van der Waals surface area contributed by atoms with Gasteiger partial charge in [-0.05, 0) is 26.0 Å². The van der Waals surface area contributed by atoms with E-state index in [1.165, 1.54) is 0 Å². The lowest BCUT2D eigenvalue weighted by atomic mass is 10.2. The van der Waals surface area contributed by atoms with E-state index in [1.54, 1.807) is 0 Å². The first-order valence-electron chi connectivity index (χ1n) is 4.76. The van der Waals surface area contributed by atoms with E-state index >= 15 is 0 Å². The predicted molar refractivity (Wildman–Crippen MR) is 57.4 cm³/mol. The van der Waals surface area contributed by atoms with Crippen LogP contribution in [0.25, 0.3) is 0 Å². The smallest absolute Gasteiger partial charge is 0.183 e. The lowest BCUT2D eigenvalue weighted by molar-refractivity contribution is -0.140. The zero-order valence-corrected chi connectivity index (χ0v) is 9.25. The van der Waals surface area contributed by atoms with Crippen molar-refractivity contribution in [2.75, 3.05) is 13.2 Å². The maximum atomic E-state index is 5.79. The van der Waals surface area contributed by atoms with Crippen LogP contribution in [-0.4, -0.2) is 13.2 Å². The summed E-state index contributed by atoms with van der Waals surface area (Å²) in [4.78, 5) is 0. The molecule has 0 saturated heterocycles. The van der Waals surface area contributed by atoms with Crippen molar-refractivity contribution in [3.8, 4) is 0 Å². The van der Waals surface area contributed by atoms with Gasteiger partial charge in [0.2, 0.25) is 0 Å². The van der Waals surface area contributed by atoms with E-state index in [2.05, 4.69) is 0 Å². The van der Waals surface area contributed by atoms with Gasteiger partial charge < -0.3 is 9.47 Å². The second kappa shape index (κ2) is 6.02. The highest BCUT2D eigenvalue weighted by atomic mass is 35.5. The van der Waals surface area contributed by atoms with Crippen LogP contribution in [0.5, 0.6) is 0 Å². The third-order valence-electron chi connectivity index (χ3n) is 1.78. The highest BCUT2D eigenvalue weighted by Crippen LogP contribution is 2.20. The molecule has 0 atom stereocenters. The average Bonchev–Trinajstić information content (AvgIpc) is 2.19. The van der Waals surface area contributed by atoms with E-state index in [1.807, 2.05) is 38.1 Å². The van der Waals surface area contributed by atoms with Gasteiger partial charge in [0.25, 0.3) is 0 Å². The van der Waals surface area contributed by atoms with Gasteiger partial charge in [-0.15, -0.1) is 0 Å². The third kappa shape index (κ3) is 3.29. The second-order valence-corrected chi connectivity index (χ2v) is 3.23. The zero-order chi connectivity index (χ0) is 10.4. The number of hydrogen-bond acceptors (Lipinski definition) is 2. The van der Waals surface area contributed by atoms with Gasteiger partial charge in [-0.1, -0.05) is 23.7 Å². The van der Waals surface area contributed by atoms with Crippen molar-refractivity contribution < 1.29 is 9.47 Å². The second-order valence-electron chi connectivity index (χ2n) is 2.79. The molecule has 1 aromatic rings. The molecule has 0 aliphatic carbocycles. The highest BCUT2D eigenvalue weighted by molar-refractivity contribution is 6.30. The highest BCUT2D eigenvalue weighted by Gasteiger charge is 2.10. The Morgan fingerprint density at radius 3 is 2.00 bits per heavy atom. The minimum Gasteiger partial charge on any atom is -0.349 e. The summed E-state index contributed by atoms with van der Waals surface area (Å²) in [7, 11) is 0. The maximum absolute atomic E-state index is 5.79. The minimum absolute atomic E-state index is 0.276. The Morgan fingerprint density at radius 2 is 1.57 bits per heavy atom. The van der Waals surface area contributed by atoms with Crippen LogP contribution >= 0.6 is 11.6 Å². The Bertz CT molecular complexity index is 252. The van der Waals surface area contributed by atoms with Gasteiger partial charge in [0.05, 0.1) is 0 Å². The average molecular weight is 215 g/mol. The molecule has 0 fully saturated rings. The topological polar surface area (TPSA) is 18.5 Å². The fourth-order valence-electron chi connectivity index (χ4n) is 1.16. The number of benzene rings is 1. The van der Waals surface area contributed by atoms with Crippen LogP contribution in [0.15, 0.2) is 24.3 Å². The summed E-state index contributed by atoms with van der Waals surface area (Å²) >= 11 is 5.79. The molecule has 0 unspecified atom stereocenters. The van der Waals surface area contributed by atoms with E-state index in [0.717, 1.165) is 10.6 Å². The number of ether oxygens (including phenoxy) is 2. The van der Waals surface area contributed by atoms with Crippen LogP contribution in [0.2, 0.25) is 5.02 Å². The molecule has 0 bridgehead atoms. The first-order chi connectivity index (χ1) is 6.77. The summed E-state index contributed by atoms with van der Waals surface area (Å²) in [6, 6.07) is 7.50. The van der Waals surface area contributed by atoms with Gasteiger partial charge in [0, 0.05) is 23.8 Å². The maximum Gasteiger partial charge on any atom is 0.183 e. The first kappa shape index (κ1) is 11.5. The van der Waals surface area contributed by atoms with Crippen molar-refractivity contribution in [1.82, 2.24) is 0 Å². The molecule has 1 aromatic carbocycles. The summed E-state index contributed by atoms with van der Waals surface area (Å²) in [5.41, 5.74) is 0.998. The molecule has 0 N–H and O–H groups in total. The largest absolute Gasteiger partial charge is 0.349 e. The SMILES string of the molecule is CCOC(OCC)c1ccc(Cl)cc1. The van der Waals surface area contributed by atoms with Crippen molar-refractivity contribution in [2.24, 2.45) is 0 Å². The molecule has 78 valence electrons. The fourth-order valence-corrected chi connectivity index (χ4v) is 1.29. The van der Waals surface area contributed by atoms with Gasteiger partial charge in [0.1, 0.15) is 0 Å². The molecular formula is C11H15ClO2. The van der Waals surface area contributed by atoms with Crippen molar-refractivity contribution in [3.05, 3.63) is 34.9 Å². The molecule has 14 heavy (non-hydrogen) atoms. The van der Waals surface area contributed by atoms with Crippen LogP contribution in [0.1, 0.15) is 25.7 Å². The lowest BCUT2D eigenvalue weighted by Gasteiger charge is -2.16. The first-order valence-corrected chi connectivity index (χ1v) is 5.14. The molecule has 0 heterocycles. The van der Waals surface area contributed by atoms with Crippen LogP contribution < -0.4 is 0 Å². The molecule has 0 aromatic heterocycles. The molecule has 0 aliphatic heterocycles. The van der Waals surface area contributed by atoms with Gasteiger partial charge in [0.15, 0.2) is 6.29 Å². The molecule has 0 spiro atoms. The molecule has 1 rings (SSSR count). The van der Waals surface area contributed by atoms with Gasteiger partial charge in [-0.2, -0.15) is 0 Å². The van der Waals surface area contributed by atoms with Crippen molar-refractivity contribution in [3.63, 3.8) is 0 Å². The van der Waals surface area contributed by atoms with E-state index in [4.69, 9.17) is 21.1 Å². The number of rotatable bonds is 5. The summed E-state index contributed by atoms with van der Waals surface area (Å²) in [6.45, 7) is 5.16. The molecule has 2 nitrogen and oxygen atoms in total. The van der Waals surface area contributed by atoms with Gasteiger partial charge in [-0.25, -0.2) is 0 Å². The summed E-state index contributed by atoms with van der Waals surface area (Å²) < 4.78 is 10.9. The van der Waals surface area contributed by atoms with E-state index < -0.39 is 0 Å². The summed E-state index contributed by atoms with van der Waals surface area (Å²) in [5.74, 6) is 0.